The molecule has 0 unspecified atom stereocenters. The average Bonchev–Trinajstić information content (AvgIpc) is 3.26. The Morgan fingerprint density at radius 3 is 2.74 bits per heavy atom. The molecule has 0 bridgehead atoms. The SMILES string of the molecule is O=C1C[C@H](N2CC[C@]3(CCOC3)C2)C(=O)N1Cc1ccccc1. The lowest BCUT2D eigenvalue weighted by Crippen LogP contribution is -2.41. The first-order chi connectivity index (χ1) is 11.2. The van der Waals surface area contributed by atoms with Crippen LogP contribution in [0.25, 0.3) is 0 Å². The van der Waals surface area contributed by atoms with E-state index >= 15 is 0 Å². The van der Waals surface area contributed by atoms with Gasteiger partial charge in [-0.3, -0.25) is 19.4 Å². The Kier molecular flexibility index (Phi) is 3.70. The Labute approximate surface area is 136 Å². The summed E-state index contributed by atoms with van der Waals surface area (Å²) in [6.45, 7) is 3.79. The van der Waals surface area contributed by atoms with Gasteiger partial charge in [0.25, 0.3) is 0 Å². The fourth-order valence-electron chi connectivity index (χ4n) is 4.09. The van der Waals surface area contributed by atoms with Crippen LogP contribution in [-0.2, 0) is 20.9 Å². The number of hydrogen-bond acceptors (Lipinski definition) is 4. The first kappa shape index (κ1) is 14.8. The molecule has 0 aromatic heterocycles. The summed E-state index contributed by atoms with van der Waals surface area (Å²) < 4.78 is 5.55. The fraction of sp³-hybridized carbons (Fsp3) is 0.556. The first-order valence-electron chi connectivity index (χ1n) is 8.37. The lowest BCUT2D eigenvalue weighted by atomic mass is 9.87. The maximum atomic E-state index is 12.7. The molecule has 4 rings (SSSR count). The fourth-order valence-corrected chi connectivity index (χ4v) is 4.09. The van der Waals surface area contributed by atoms with Gasteiger partial charge >= 0.3 is 0 Å². The third-order valence-corrected chi connectivity index (χ3v) is 5.50. The summed E-state index contributed by atoms with van der Waals surface area (Å²) in [7, 11) is 0. The van der Waals surface area contributed by atoms with Gasteiger partial charge in [0.05, 0.1) is 25.6 Å². The Hall–Kier alpha value is -1.72. The third-order valence-electron chi connectivity index (χ3n) is 5.50. The monoisotopic (exact) mass is 314 g/mol. The van der Waals surface area contributed by atoms with Crippen LogP contribution < -0.4 is 0 Å². The predicted octanol–water partition coefficient (Wildman–Crippen LogP) is 1.43. The van der Waals surface area contributed by atoms with E-state index < -0.39 is 0 Å². The van der Waals surface area contributed by atoms with Crippen molar-refractivity contribution >= 4 is 11.8 Å². The molecule has 0 radical (unpaired) electrons. The van der Waals surface area contributed by atoms with Crippen molar-refractivity contribution in [3.05, 3.63) is 35.9 Å². The average molecular weight is 314 g/mol. The van der Waals surface area contributed by atoms with Crippen LogP contribution in [0.2, 0.25) is 0 Å². The Bertz CT molecular complexity index is 610. The lowest BCUT2D eigenvalue weighted by Gasteiger charge is -2.25. The highest BCUT2D eigenvalue weighted by Gasteiger charge is 2.48. The minimum absolute atomic E-state index is 0.0326. The molecule has 5 nitrogen and oxygen atoms in total. The number of hydrogen-bond donors (Lipinski definition) is 0. The highest BCUT2D eigenvalue weighted by atomic mass is 16.5. The summed E-state index contributed by atoms with van der Waals surface area (Å²) in [5.41, 5.74) is 1.22. The molecule has 1 aromatic carbocycles. The summed E-state index contributed by atoms with van der Waals surface area (Å²) in [4.78, 5) is 28.7. The van der Waals surface area contributed by atoms with E-state index in [1.165, 1.54) is 4.90 Å². The van der Waals surface area contributed by atoms with Gasteiger partial charge in [-0.25, -0.2) is 0 Å². The molecule has 122 valence electrons. The molecule has 3 fully saturated rings. The van der Waals surface area contributed by atoms with Crippen molar-refractivity contribution < 1.29 is 14.3 Å². The second-order valence-electron chi connectivity index (χ2n) is 7.05. The van der Waals surface area contributed by atoms with Crippen LogP contribution in [0.4, 0.5) is 0 Å². The number of benzene rings is 1. The van der Waals surface area contributed by atoms with Crippen LogP contribution >= 0.6 is 0 Å². The molecule has 0 saturated carbocycles. The van der Waals surface area contributed by atoms with Gasteiger partial charge in [0, 0.05) is 18.6 Å². The molecular weight excluding hydrogens is 292 g/mol. The van der Waals surface area contributed by atoms with E-state index in [2.05, 4.69) is 4.90 Å². The van der Waals surface area contributed by atoms with Crippen molar-refractivity contribution in [2.45, 2.75) is 31.8 Å². The largest absolute Gasteiger partial charge is 0.381 e. The summed E-state index contributed by atoms with van der Waals surface area (Å²) in [5, 5.41) is 0. The standard InChI is InChI=1S/C18H22N2O3/c21-16-10-15(19-8-6-18(12-19)7-9-23-13-18)17(22)20(16)11-14-4-2-1-3-5-14/h1-5,15H,6-13H2/t15-,18-/m0/s1. The van der Waals surface area contributed by atoms with E-state index in [4.69, 9.17) is 4.74 Å². The topological polar surface area (TPSA) is 49.9 Å². The Balaban J connectivity index is 1.45. The van der Waals surface area contributed by atoms with Crippen LogP contribution in [0.1, 0.15) is 24.8 Å². The molecule has 1 spiro atoms. The maximum absolute atomic E-state index is 12.7. The van der Waals surface area contributed by atoms with Gasteiger partial charge in [0.15, 0.2) is 0 Å². The summed E-state index contributed by atoms with van der Waals surface area (Å²) in [6.07, 6.45) is 2.47. The quantitative estimate of drug-likeness (QED) is 0.792. The van der Waals surface area contributed by atoms with Crippen LogP contribution in [0.5, 0.6) is 0 Å². The second kappa shape index (κ2) is 5.73. The highest BCUT2D eigenvalue weighted by Crippen LogP contribution is 2.40. The third kappa shape index (κ3) is 2.68. The number of amides is 2. The van der Waals surface area contributed by atoms with Gasteiger partial charge in [-0.15, -0.1) is 0 Å². The first-order valence-corrected chi connectivity index (χ1v) is 8.37. The highest BCUT2D eigenvalue weighted by molar-refractivity contribution is 6.05. The zero-order valence-corrected chi connectivity index (χ0v) is 13.2. The van der Waals surface area contributed by atoms with Gasteiger partial charge in [0.2, 0.25) is 11.8 Å². The number of ether oxygens (including phenoxy) is 1. The van der Waals surface area contributed by atoms with E-state index in [1.807, 2.05) is 30.3 Å². The van der Waals surface area contributed by atoms with Crippen molar-refractivity contribution in [3.63, 3.8) is 0 Å². The summed E-state index contributed by atoms with van der Waals surface area (Å²) in [6, 6.07) is 9.44. The number of likely N-dealkylation sites (tertiary alicyclic amines) is 2. The van der Waals surface area contributed by atoms with E-state index in [1.54, 1.807) is 0 Å². The normalized spacial score (nSPS) is 31.7. The molecule has 3 aliphatic rings. The van der Waals surface area contributed by atoms with E-state index in [0.717, 1.165) is 44.7 Å². The number of rotatable bonds is 3. The van der Waals surface area contributed by atoms with Gasteiger partial charge in [-0.05, 0) is 24.9 Å². The van der Waals surface area contributed by atoms with Gasteiger partial charge < -0.3 is 4.74 Å². The Morgan fingerprint density at radius 2 is 2.00 bits per heavy atom. The zero-order valence-electron chi connectivity index (χ0n) is 13.2. The van der Waals surface area contributed by atoms with Crippen molar-refractivity contribution in [1.82, 2.24) is 9.80 Å². The molecule has 23 heavy (non-hydrogen) atoms. The molecule has 3 heterocycles. The summed E-state index contributed by atoms with van der Waals surface area (Å²) in [5.74, 6) is -0.0812. The van der Waals surface area contributed by atoms with Crippen LogP contribution in [0.15, 0.2) is 30.3 Å². The summed E-state index contributed by atoms with van der Waals surface area (Å²) >= 11 is 0. The smallest absolute Gasteiger partial charge is 0.247 e. The van der Waals surface area contributed by atoms with Crippen LogP contribution in [0.3, 0.4) is 0 Å². The molecule has 3 aliphatic heterocycles. The van der Waals surface area contributed by atoms with Crippen molar-refractivity contribution in [1.29, 1.82) is 0 Å². The van der Waals surface area contributed by atoms with Gasteiger partial charge in [0.1, 0.15) is 0 Å². The van der Waals surface area contributed by atoms with E-state index in [-0.39, 0.29) is 23.3 Å². The minimum Gasteiger partial charge on any atom is -0.381 e. The van der Waals surface area contributed by atoms with Crippen LogP contribution in [0, 0.1) is 5.41 Å². The second-order valence-corrected chi connectivity index (χ2v) is 7.05. The van der Waals surface area contributed by atoms with Gasteiger partial charge in [-0.1, -0.05) is 30.3 Å². The maximum Gasteiger partial charge on any atom is 0.247 e. The minimum atomic E-state index is -0.272. The number of imide groups is 1. The van der Waals surface area contributed by atoms with Crippen LogP contribution in [-0.4, -0.2) is 54.0 Å². The molecule has 3 saturated heterocycles. The number of carbonyl (C=O) groups is 2. The predicted molar refractivity (Wildman–Crippen MR) is 84.5 cm³/mol. The van der Waals surface area contributed by atoms with Crippen molar-refractivity contribution in [2.75, 3.05) is 26.3 Å². The molecule has 1 aromatic rings. The molecule has 0 aliphatic carbocycles. The molecule has 2 amide bonds. The zero-order chi connectivity index (χ0) is 15.9. The molecular formula is C18H22N2O3. The molecule has 2 atom stereocenters. The number of nitrogens with zero attached hydrogens (tertiary/aromatic N) is 2. The van der Waals surface area contributed by atoms with Crippen molar-refractivity contribution in [2.24, 2.45) is 5.41 Å². The Morgan fingerprint density at radius 1 is 1.17 bits per heavy atom. The van der Waals surface area contributed by atoms with Crippen molar-refractivity contribution in [3.8, 4) is 0 Å². The lowest BCUT2D eigenvalue weighted by molar-refractivity contribution is -0.140. The molecule has 5 heteroatoms. The number of carbonyl (C=O) groups excluding carboxylic acids is 2. The molecule has 0 N–H and O–H groups in total. The van der Waals surface area contributed by atoms with E-state index in [9.17, 15) is 9.59 Å². The van der Waals surface area contributed by atoms with E-state index in [0.29, 0.717) is 13.0 Å². The van der Waals surface area contributed by atoms with Gasteiger partial charge in [-0.2, -0.15) is 0 Å².